The zero-order valence-electron chi connectivity index (χ0n) is 14.7. The first-order chi connectivity index (χ1) is 13.1. The number of halogens is 1. The zero-order valence-corrected chi connectivity index (χ0v) is 16.2. The molecule has 1 aromatic carbocycles. The van der Waals surface area contributed by atoms with E-state index in [1.165, 1.54) is 11.3 Å². The number of hydrogen-bond donors (Lipinski definition) is 2. The summed E-state index contributed by atoms with van der Waals surface area (Å²) in [6, 6.07) is 7.09. The van der Waals surface area contributed by atoms with E-state index < -0.39 is 11.5 Å². The molecule has 2 aliphatic rings. The van der Waals surface area contributed by atoms with Crippen LogP contribution in [0.4, 0.5) is 5.13 Å². The highest BCUT2D eigenvalue weighted by molar-refractivity contribution is 7.13. The molecule has 2 fully saturated rings. The van der Waals surface area contributed by atoms with Crippen LogP contribution in [0, 0.1) is 5.41 Å². The predicted octanol–water partition coefficient (Wildman–Crippen LogP) is 1.64. The Morgan fingerprint density at radius 1 is 1.37 bits per heavy atom. The van der Waals surface area contributed by atoms with Crippen molar-refractivity contribution in [2.75, 3.05) is 24.5 Å². The van der Waals surface area contributed by atoms with Gasteiger partial charge < -0.3 is 15.5 Å². The van der Waals surface area contributed by atoms with Crippen molar-refractivity contribution in [2.24, 2.45) is 5.41 Å². The Morgan fingerprint density at radius 2 is 2.15 bits per heavy atom. The summed E-state index contributed by atoms with van der Waals surface area (Å²) < 4.78 is 0. The maximum absolute atomic E-state index is 13.2. The SMILES string of the molecule is O=C1NCCCC1NC(=O)C1(Cc2ccc(Cl)cc2)CN(c2nncs2)C1. The molecule has 9 heteroatoms. The van der Waals surface area contributed by atoms with Gasteiger partial charge in [0.1, 0.15) is 11.6 Å². The molecule has 2 aliphatic heterocycles. The number of rotatable bonds is 5. The number of aromatic nitrogens is 2. The third-order valence-corrected chi connectivity index (χ3v) is 6.14. The van der Waals surface area contributed by atoms with E-state index in [0.717, 1.165) is 17.1 Å². The Morgan fingerprint density at radius 3 is 2.81 bits per heavy atom. The van der Waals surface area contributed by atoms with Gasteiger partial charge in [0.05, 0.1) is 5.41 Å². The van der Waals surface area contributed by atoms with E-state index in [9.17, 15) is 9.59 Å². The normalized spacial score (nSPS) is 21.3. The second kappa shape index (κ2) is 7.44. The summed E-state index contributed by atoms with van der Waals surface area (Å²) in [5.74, 6) is -0.184. The predicted molar refractivity (Wildman–Crippen MR) is 104 cm³/mol. The minimum Gasteiger partial charge on any atom is -0.354 e. The van der Waals surface area contributed by atoms with Crippen LogP contribution in [0.15, 0.2) is 29.8 Å². The van der Waals surface area contributed by atoms with Crippen LogP contribution in [0.5, 0.6) is 0 Å². The minimum absolute atomic E-state index is 0.0831. The van der Waals surface area contributed by atoms with Crippen LogP contribution in [-0.4, -0.2) is 47.7 Å². The van der Waals surface area contributed by atoms with Crippen LogP contribution >= 0.6 is 22.9 Å². The van der Waals surface area contributed by atoms with Crippen LogP contribution in [-0.2, 0) is 16.0 Å². The van der Waals surface area contributed by atoms with E-state index in [0.29, 0.717) is 37.5 Å². The number of amides is 2. The highest BCUT2D eigenvalue weighted by Crippen LogP contribution is 2.38. The Balaban J connectivity index is 1.51. The summed E-state index contributed by atoms with van der Waals surface area (Å²) in [6.45, 7) is 1.77. The number of nitrogens with one attached hydrogen (secondary N) is 2. The number of carbonyl (C=O) groups is 2. The highest BCUT2D eigenvalue weighted by Gasteiger charge is 2.50. The molecule has 4 rings (SSSR count). The molecule has 7 nitrogen and oxygen atoms in total. The second-order valence-electron chi connectivity index (χ2n) is 7.12. The first kappa shape index (κ1) is 18.2. The summed E-state index contributed by atoms with van der Waals surface area (Å²) in [6.07, 6.45) is 2.13. The molecule has 3 heterocycles. The molecule has 1 unspecified atom stereocenters. The summed E-state index contributed by atoms with van der Waals surface area (Å²) in [4.78, 5) is 27.3. The first-order valence-corrected chi connectivity index (χ1v) is 10.2. The molecular formula is C18H20ClN5O2S. The maximum Gasteiger partial charge on any atom is 0.242 e. The fraction of sp³-hybridized carbons (Fsp3) is 0.444. The van der Waals surface area contributed by atoms with Crippen LogP contribution in [0.25, 0.3) is 0 Å². The molecule has 0 aliphatic carbocycles. The van der Waals surface area contributed by atoms with Gasteiger partial charge in [-0.1, -0.05) is 35.1 Å². The largest absolute Gasteiger partial charge is 0.354 e. The molecule has 2 aromatic rings. The molecule has 1 atom stereocenters. The molecule has 0 radical (unpaired) electrons. The van der Waals surface area contributed by atoms with Gasteiger partial charge in [0.15, 0.2) is 0 Å². The third-order valence-electron chi connectivity index (χ3n) is 5.13. The fourth-order valence-electron chi connectivity index (χ4n) is 3.67. The Kier molecular flexibility index (Phi) is 5.01. The Hall–Kier alpha value is -2.19. The molecule has 0 bridgehead atoms. The molecule has 2 saturated heterocycles. The topological polar surface area (TPSA) is 87.2 Å². The minimum atomic E-state index is -0.600. The molecule has 1 aromatic heterocycles. The smallest absolute Gasteiger partial charge is 0.242 e. The van der Waals surface area contributed by atoms with Crippen LogP contribution in [0.3, 0.4) is 0 Å². The van der Waals surface area contributed by atoms with Gasteiger partial charge in [-0.2, -0.15) is 0 Å². The number of hydrogen-bond acceptors (Lipinski definition) is 6. The van der Waals surface area contributed by atoms with Gasteiger partial charge in [-0.05, 0) is 37.0 Å². The molecule has 2 amide bonds. The lowest BCUT2D eigenvalue weighted by atomic mass is 9.73. The van der Waals surface area contributed by atoms with E-state index in [1.54, 1.807) is 5.51 Å². The van der Waals surface area contributed by atoms with Crippen molar-refractivity contribution >= 4 is 39.9 Å². The number of piperidine rings is 1. The van der Waals surface area contributed by atoms with Crippen molar-refractivity contribution in [1.82, 2.24) is 20.8 Å². The van der Waals surface area contributed by atoms with Gasteiger partial charge in [0.2, 0.25) is 16.9 Å². The lowest BCUT2D eigenvalue weighted by Crippen LogP contribution is -2.66. The Labute approximate surface area is 166 Å². The maximum atomic E-state index is 13.2. The van der Waals surface area contributed by atoms with E-state index in [4.69, 9.17) is 11.6 Å². The van der Waals surface area contributed by atoms with Crippen LogP contribution < -0.4 is 15.5 Å². The van der Waals surface area contributed by atoms with Crippen molar-refractivity contribution in [1.29, 1.82) is 0 Å². The fourth-order valence-corrected chi connectivity index (χ4v) is 4.36. The van der Waals surface area contributed by atoms with E-state index >= 15 is 0 Å². The average molecular weight is 406 g/mol. The molecule has 2 N–H and O–H groups in total. The van der Waals surface area contributed by atoms with E-state index in [2.05, 4.69) is 20.8 Å². The third kappa shape index (κ3) is 3.77. The van der Waals surface area contributed by atoms with Gasteiger partial charge in [0, 0.05) is 24.7 Å². The summed E-state index contributed by atoms with van der Waals surface area (Å²) in [5.41, 5.74) is 2.12. The molecule has 142 valence electrons. The highest BCUT2D eigenvalue weighted by atomic mass is 35.5. The van der Waals surface area contributed by atoms with Crippen molar-refractivity contribution in [3.05, 3.63) is 40.4 Å². The van der Waals surface area contributed by atoms with E-state index in [-0.39, 0.29) is 11.8 Å². The number of carbonyl (C=O) groups excluding carboxylic acids is 2. The quantitative estimate of drug-likeness (QED) is 0.789. The standard InChI is InChI=1S/C18H20ClN5O2S/c19-13-5-3-12(4-6-13)8-18(9-24(10-18)17-23-21-11-27-17)16(26)22-14-2-1-7-20-15(14)25/h3-6,11,14H,1-2,7-10H2,(H,20,25)(H,22,26). The lowest BCUT2D eigenvalue weighted by molar-refractivity contribution is -0.137. The van der Waals surface area contributed by atoms with Crippen molar-refractivity contribution < 1.29 is 9.59 Å². The average Bonchev–Trinajstić information content (AvgIpc) is 3.15. The second-order valence-corrected chi connectivity index (χ2v) is 8.37. The molecule has 27 heavy (non-hydrogen) atoms. The number of nitrogens with zero attached hydrogens (tertiary/aromatic N) is 3. The van der Waals surface area contributed by atoms with Crippen molar-refractivity contribution in [2.45, 2.75) is 25.3 Å². The monoisotopic (exact) mass is 405 g/mol. The summed E-state index contributed by atoms with van der Waals surface area (Å²) >= 11 is 7.44. The van der Waals surface area contributed by atoms with Crippen LogP contribution in [0.1, 0.15) is 18.4 Å². The summed E-state index contributed by atoms with van der Waals surface area (Å²) in [7, 11) is 0. The number of benzene rings is 1. The van der Waals surface area contributed by atoms with Gasteiger partial charge in [-0.25, -0.2) is 0 Å². The van der Waals surface area contributed by atoms with Crippen molar-refractivity contribution in [3.63, 3.8) is 0 Å². The summed E-state index contributed by atoms with van der Waals surface area (Å²) in [5, 5.41) is 15.2. The van der Waals surface area contributed by atoms with Crippen LogP contribution in [0.2, 0.25) is 5.02 Å². The zero-order chi connectivity index (χ0) is 18.9. The van der Waals surface area contributed by atoms with Gasteiger partial charge >= 0.3 is 0 Å². The molecule has 0 saturated carbocycles. The van der Waals surface area contributed by atoms with Crippen molar-refractivity contribution in [3.8, 4) is 0 Å². The Bertz CT molecular complexity index is 821. The first-order valence-electron chi connectivity index (χ1n) is 8.90. The molecular weight excluding hydrogens is 386 g/mol. The van der Waals surface area contributed by atoms with Gasteiger partial charge in [0.25, 0.3) is 0 Å². The van der Waals surface area contributed by atoms with Gasteiger partial charge in [-0.15, -0.1) is 10.2 Å². The van der Waals surface area contributed by atoms with E-state index in [1.807, 2.05) is 29.2 Å². The van der Waals surface area contributed by atoms with Gasteiger partial charge in [-0.3, -0.25) is 9.59 Å². The lowest BCUT2D eigenvalue weighted by Gasteiger charge is -2.49. The molecule has 0 spiro atoms. The number of anilines is 1.